The van der Waals surface area contributed by atoms with Gasteiger partial charge in [-0.25, -0.2) is 0 Å². The van der Waals surface area contributed by atoms with Crippen LogP contribution in [0.4, 0.5) is 0 Å². The molecular formula is C24H18O. The largest absolute Gasteiger partial charge is 0.365 e. The first-order valence-corrected chi connectivity index (χ1v) is 9.35. The van der Waals surface area contributed by atoms with Crippen LogP contribution in [0.15, 0.2) is 72.8 Å². The maximum Gasteiger partial charge on any atom is 0.0878 e. The Morgan fingerprint density at radius 2 is 0.760 bits per heavy atom. The zero-order valence-electron chi connectivity index (χ0n) is 13.8. The molecule has 4 unspecified atom stereocenters. The van der Waals surface area contributed by atoms with Gasteiger partial charge in [0.2, 0.25) is 0 Å². The van der Waals surface area contributed by atoms with Crippen molar-refractivity contribution in [2.45, 2.75) is 24.0 Å². The van der Waals surface area contributed by atoms with Crippen LogP contribution in [0.5, 0.6) is 0 Å². The molecule has 1 nitrogen and oxygen atoms in total. The van der Waals surface area contributed by atoms with Crippen LogP contribution in [0.3, 0.4) is 0 Å². The van der Waals surface area contributed by atoms with E-state index < -0.39 is 0 Å². The molecule has 2 heterocycles. The highest BCUT2D eigenvalue weighted by Gasteiger charge is 2.62. The maximum absolute atomic E-state index is 6.63. The van der Waals surface area contributed by atoms with Crippen molar-refractivity contribution >= 4 is 0 Å². The molecule has 0 saturated carbocycles. The van der Waals surface area contributed by atoms with Crippen molar-refractivity contribution in [1.29, 1.82) is 0 Å². The monoisotopic (exact) mass is 322 g/mol. The van der Waals surface area contributed by atoms with Gasteiger partial charge in [-0.1, -0.05) is 72.8 Å². The summed E-state index contributed by atoms with van der Waals surface area (Å²) in [5.41, 5.74) is 9.05. The number of rotatable bonds is 0. The van der Waals surface area contributed by atoms with E-state index in [-0.39, 0.29) is 12.2 Å². The summed E-state index contributed by atoms with van der Waals surface area (Å²) >= 11 is 0. The first kappa shape index (κ1) is 12.9. The third-order valence-corrected chi connectivity index (χ3v) is 7.15. The van der Waals surface area contributed by atoms with E-state index in [9.17, 15) is 0 Å². The van der Waals surface area contributed by atoms with Gasteiger partial charge in [-0.15, -0.1) is 0 Å². The van der Waals surface area contributed by atoms with E-state index in [4.69, 9.17) is 4.74 Å². The summed E-state index contributed by atoms with van der Waals surface area (Å²) in [7, 11) is 0. The predicted octanol–water partition coefficient (Wildman–Crippen LogP) is 5.34. The van der Waals surface area contributed by atoms with Gasteiger partial charge in [0.1, 0.15) is 0 Å². The zero-order valence-corrected chi connectivity index (χ0v) is 13.8. The minimum Gasteiger partial charge on any atom is -0.365 e. The van der Waals surface area contributed by atoms with Crippen LogP contribution in [-0.2, 0) is 4.74 Å². The molecule has 0 radical (unpaired) electrons. The van der Waals surface area contributed by atoms with Crippen molar-refractivity contribution in [3.63, 3.8) is 0 Å². The second kappa shape index (κ2) is 4.23. The van der Waals surface area contributed by atoms with Gasteiger partial charge in [0.25, 0.3) is 0 Å². The molecule has 5 aliphatic rings. The van der Waals surface area contributed by atoms with Gasteiger partial charge in [-0.3, -0.25) is 0 Å². The number of hydrogen-bond donors (Lipinski definition) is 0. The summed E-state index contributed by atoms with van der Waals surface area (Å²) in [6.07, 6.45) is 0.529. The van der Waals surface area contributed by atoms with E-state index in [1.54, 1.807) is 22.3 Å². The fraction of sp³-hybridized carbons (Fsp3) is 0.250. The molecule has 1 saturated heterocycles. The summed E-state index contributed by atoms with van der Waals surface area (Å²) < 4.78 is 6.63. The fourth-order valence-electron chi connectivity index (χ4n) is 6.45. The van der Waals surface area contributed by atoms with Crippen LogP contribution < -0.4 is 0 Å². The Hall–Kier alpha value is -2.38. The van der Waals surface area contributed by atoms with Crippen LogP contribution in [0.25, 0.3) is 0 Å². The third kappa shape index (κ3) is 1.35. The van der Waals surface area contributed by atoms with Crippen LogP contribution in [0, 0.1) is 11.8 Å². The topological polar surface area (TPSA) is 9.23 Å². The van der Waals surface area contributed by atoms with Crippen molar-refractivity contribution in [3.8, 4) is 0 Å². The number of fused-ring (bicyclic) bond motifs is 5. The van der Waals surface area contributed by atoms with Crippen molar-refractivity contribution in [2.24, 2.45) is 11.8 Å². The Morgan fingerprint density at radius 1 is 0.440 bits per heavy atom. The first-order chi connectivity index (χ1) is 12.4. The Kier molecular flexibility index (Phi) is 2.18. The van der Waals surface area contributed by atoms with Crippen LogP contribution in [0.2, 0.25) is 0 Å². The molecule has 3 aromatic rings. The highest BCUT2D eigenvalue weighted by molar-refractivity contribution is 5.59. The minimum absolute atomic E-state index is 0.264. The van der Waals surface area contributed by atoms with E-state index in [2.05, 4.69) is 72.8 Å². The lowest BCUT2D eigenvalue weighted by Gasteiger charge is -2.51. The standard InChI is InChI=1S/C24H18O/c1-2-8-14-13(7-1)19-15-9-3-4-10-16(15)20(14)22-21(19)23-17-11-5-6-12-18(17)24(22)25-23/h1-12,19-24H. The summed E-state index contributed by atoms with van der Waals surface area (Å²) in [6, 6.07) is 27.2. The summed E-state index contributed by atoms with van der Waals surface area (Å²) in [6.45, 7) is 0. The molecule has 1 fully saturated rings. The molecule has 4 bridgehead atoms. The average molecular weight is 322 g/mol. The van der Waals surface area contributed by atoms with Gasteiger partial charge in [-0.05, 0) is 33.4 Å². The van der Waals surface area contributed by atoms with Gasteiger partial charge < -0.3 is 4.74 Å². The van der Waals surface area contributed by atoms with Crippen LogP contribution in [-0.4, -0.2) is 0 Å². The van der Waals surface area contributed by atoms with E-state index in [0.29, 0.717) is 23.7 Å². The first-order valence-electron chi connectivity index (χ1n) is 9.35. The van der Waals surface area contributed by atoms with Gasteiger partial charge in [-0.2, -0.15) is 0 Å². The lowest BCUT2D eigenvalue weighted by Crippen LogP contribution is -2.42. The minimum atomic E-state index is 0.264. The molecule has 3 aliphatic carbocycles. The molecule has 2 aliphatic heterocycles. The van der Waals surface area contributed by atoms with Gasteiger partial charge in [0.05, 0.1) is 12.2 Å². The van der Waals surface area contributed by atoms with Crippen molar-refractivity contribution < 1.29 is 4.74 Å². The van der Waals surface area contributed by atoms with E-state index >= 15 is 0 Å². The molecule has 0 N–H and O–H groups in total. The molecule has 8 rings (SSSR count). The number of ether oxygens (including phenoxy) is 1. The SMILES string of the molecule is c1ccc2c(c1)C1OC2C2C3c4ccccc4C(c4ccccc43)C12. The van der Waals surface area contributed by atoms with Crippen molar-refractivity contribution in [3.05, 3.63) is 106 Å². The zero-order chi connectivity index (χ0) is 16.1. The molecule has 1 heteroatoms. The maximum atomic E-state index is 6.63. The highest BCUT2D eigenvalue weighted by Crippen LogP contribution is 2.71. The number of hydrogen-bond acceptors (Lipinski definition) is 1. The van der Waals surface area contributed by atoms with Gasteiger partial charge >= 0.3 is 0 Å². The lowest BCUT2D eigenvalue weighted by molar-refractivity contribution is 0.0533. The number of benzene rings is 3. The normalized spacial score (nSPS) is 35.0. The molecule has 0 spiro atoms. The van der Waals surface area contributed by atoms with Crippen LogP contribution in [0.1, 0.15) is 57.4 Å². The molecule has 0 aromatic heterocycles. The Labute approximate surface area is 147 Å². The fourth-order valence-corrected chi connectivity index (χ4v) is 6.45. The second-order valence-corrected chi connectivity index (χ2v) is 7.97. The summed E-state index contributed by atoms with van der Waals surface area (Å²) in [4.78, 5) is 0. The molecule has 120 valence electrons. The molecule has 25 heavy (non-hydrogen) atoms. The quantitative estimate of drug-likeness (QED) is 0.543. The smallest absolute Gasteiger partial charge is 0.0878 e. The lowest BCUT2D eigenvalue weighted by atomic mass is 9.50. The van der Waals surface area contributed by atoms with Crippen molar-refractivity contribution in [2.75, 3.05) is 0 Å². The Bertz CT molecular complexity index is 907. The molecular weight excluding hydrogens is 304 g/mol. The van der Waals surface area contributed by atoms with Gasteiger partial charge in [0, 0.05) is 23.7 Å². The Morgan fingerprint density at radius 3 is 1.12 bits per heavy atom. The summed E-state index contributed by atoms with van der Waals surface area (Å²) in [5.74, 6) is 2.11. The third-order valence-electron chi connectivity index (χ3n) is 7.15. The second-order valence-electron chi connectivity index (χ2n) is 7.97. The predicted molar refractivity (Wildman–Crippen MR) is 96.6 cm³/mol. The van der Waals surface area contributed by atoms with E-state index in [1.165, 1.54) is 11.1 Å². The average Bonchev–Trinajstić information content (AvgIpc) is 3.26. The summed E-state index contributed by atoms with van der Waals surface area (Å²) in [5, 5.41) is 0. The van der Waals surface area contributed by atoms with Crippen molar-refractivity contribution in [1.82, 2.24) is 0 Å². The van der Waals surface area contributed by atoms with Gasteiger partial charge in [0.15, 0.2) is 0 Å². The molecule has 0 amide bonds. The molecule has 4 atom stereocenters. The van der Waals surface area contributed by atoms with E-state index in [1.807, 2.05) is 0 Å². The van der Waals surface area contributed by atoms with E-state index in [0.717, 1.165) is 0 Å². The van der Waals surface area contributed by atoms with Crippen LogP contribution >= 0.6 is 0 Å². The highest BCUT2D eigenvalue weighted by atomic mass is 16.5. The Balaban J connectivity index is 1.54. The molecule has 3 aromatic carbocycles.